The second-order valence-corrected chi connectivity index (χ2v) is 7.26. The van der Waals surface area contributed by atoms with Crippen LogP contribution in [0.1, 0.15) is 35.0 Å². The molecule has 1 aliphatic rings. The molecule has 3 atom stereocenters. The van der Waals surface area contributed by atoms with Gasteiger partial charge in [0.05, 0.1) is 18.3 Å². The van der Waals surface area contributed by atoms with E-state index in [9.17, 15) is 24.6 Å². The van der Waals surface area contributed by atoms with E-state index in [1.54, 1.807) is 19.1 Å². The van der Waals surface area contributed by atoms with Gasteiger partial charge >= 0.3 is 25.8 Å². The van der Waals surface area contributed by atoms with E-state index in [0.717, 1.165) is 4.57 Å². The summed E-state index contributed by atoms with van der Waals surface area (Å²) in [7, 11) is 0. The number of carbonyl (C=O) groups excluding carboxylic acids is 1. The number of ether oxygens (including phenoxy) is 1. The molecule has 13 heteroatoms. The molecule has 1 fully saturated rings. The van der Waals surface area contributed by atoms with Crippen molar-refractivity contribution in [3.63, 3.8) is 0 Å². The van der Waals surface area contributed by atoms with Gasteiger partial charge in [-0.1, -0.05) is 0 Å². The number of nitrogen functional groups attached to an aromatic ring is 1. The molecule has 0 radical (unpaired) electrons. The van der Waals surface area contributed by atoms with Crippen molar-refractivity contribution in [1.29, 1.82) is 0 Å². The molecule has 0 unspecified atom stereocenters. The Kier molecular flexibility index (Phi) is 9.25. The molecule has 1 amide bonds. The summed E-state index contributed by atoms with van der Waals surface area (Å²) < 4.78 is 7.87. The molecule has 2 aromatic rings. The van der Waals surface area contributed by atoms with Crippen LogP contribution in [0.15, 0.2) is 34.1 Å². The van der Waals surface area contributed by atoms with Crippen molar-refractivity contribution >= 4 is 11.7 Å². The summed E-state index contributed by atoms with van der Waals surface area (Å²) in [5.41, 5.74) is 2.05. The molecule has 1 saturated heterocycles. The minimum atomic E-state index is -0.901. The van der Waals surface area contributed by atoms with E-state index in [-0.39, 0.29) is 52.1 Å². The Labute approximate surface area is 196 Å². The molecule has 0 aromatic carbocycles. The van der Waals surface area contributed by atoms with E-state index in [1.165, 1.54) is 17.0 Å². The van der Waals surface area contributed by atoms with Gasteiger partial charge in [0.25, 0.3) is 11.5 Å². The maximum absolute atomic E-state index is 12.8. The predicted molar refractivity (Wildman–Crippen MR) is 110 cm³/mol. The average molecular weight is 533 g/mol. The number of nitrogens with zero attached hydrogens (tertiary/aromatic N) is 3. The first-order chi connectivity index (χ1) is 14.8. The third-order valence-electron chi connectivity index (χ3n) is 5.08. The molecule has 0 spiro atoms. The third-order valence-corrected chi connectivity index (χ3v) is 5.08. The number of amides is 1. The van der Waals surface area contributed by atoms with E-state index in [2.05, 4.69) is 15.7 Å². The Morgan fingerprint density at radius 2 is 2.12 bits per heavy atom. The molecule has 6 N–H and O–H groups in total. The van der Waals surface area contributed by atoms with Gasteiger partial charge in [-0.15, -0.1) is 0 Å². The second kappa shape index (κ2) is 11.5. The topological polar surface area (TPSA) is 174 Å². The fourth-order valence-electron chi connectivity index (χ4n) is 3.37. The van der Waals surface area contributed by atoms with E-state index in [4.69, 9.17) is 10.6 Å². The molecule has 12 nitrogen and oxygen atoms in total. The Morgan fingerprint density at radius 1 is 1.38 bits per heavy atom. The van der Waals surface area contributed by atoms with Crippen LogP contribution in [0.2, 0.25) is 0 Å². The number of aliphatic hydroxyl groups excluding tert-OH is 2. The average Bonchev–Trinajstić information content (AvgIpc) is 3.15. The summed E-state index contributed by atoms with van der Waals surface area (Å²) in [4.78, 5) is 41.4. The molecule has 168 valence electrons. The van der Waals surface area contributed by atoms with Gasteiger partial charge in [-0.25, -0.2) is 15.6 Å². The molecule has 1 aliphatic heterocycles. The van der Waals surface area contributed by atoms with Crippen molar-refractivity contribution < 1.29 is 39.8 Å². The number of nitrogens with one attached hydrogen (secondary N) is 2. The summed E-state index contributed by atoms with van der Waals surface area (Å²) >= 11 is 0. The largest absolute Gasteiger partial charge is 7.00 e. The van der Waals surface area contributed by atoms with Crippen molar-refractivity contribution in [3.05, 3.63) is 56.5 Å². The van der Waals surface area contributed by atoms with E-state index < -0.39 is 29.7 Å². The number of aliphatic hydroxyl groups is 2. The molecule has 0 aliphatic carbocycles. The molecular weight excluding hydrogens is 507 g/mol. The number of aryl methyl sites for hydroxylation is 1. The fourth-order valence-corrected chi connectivity index (χ4v) is 3.37. The normalized spacial score (nSPS) is 19.9. The smallest absolute Gasteiger partial charge is 0.394 e. The van der Waals surface area contributed by atoms with Gasteiger partial charge < -0.3 is 25.7 Å². The van der Waals surface area contributed by atoms with Crippen molar-refractivity contribution in [2.45, 2.75) is 44.7 Å². The van der Waals surface area contributed by atoms with Crippen molar-refractivity contribution in [2.24, 2.45) is 5.84 Å². The first kappa shape index (κ1) is 25.8. The van der Waals surface area contributed by atoms with Gasteiger partial charge in [-0.05, 0) is 25.5 Å². The number of anilines is 1. The molecule has 3 heterocycles. The zero-order chi connectivity index (χ0) is 22.5. The Hall–Kier alpha value is -2.41. The zero-order valence-corrected chi connectivity index (χ0v) is 19.3. The Balaban J connectivity index is 0.00000363. The van der Waals surface area contributed by atoms with Gasteiger partial charge in [0.1, 0.15) is 18.1 Å². The molecule has 32 heavy (non-hydrogen) atoms. The number of hydrogen-bond acceptors (Lipinski definition) is 9. The Morgan fingerprint density at radius 3 is 2.72 bits per heavy atom. The van der Waals surface area contributed by atoms with Crippen LogP contribution in [0, 0.1) is 6.92 Å². The molecular formula is C19H26N6O6Tc+7. The minimum Gasteiger partial charge on any atom is -0.394 e. The molecule has 3 rings (SSSR count). The first-order valence-electron chi connectivity index (χ1n) is 9.83. The number of hydrogen-bond donors (Lipinski definition) is 5. The van der Waals surface area contributed by atoms with Crippen LogP contribution in [-0.4, -0.2) is 55.6 Å². The third kappa shape index (κ3) is 5.68. The summed E-state index contributed by atoms with van der Waals surface area (Å²) in [5.74, 6) is 5.32. The van der Waals surface area contributed by atoms with Crippen molar-refractivity contribution in [3.8, 4) is 0 Å². The van der Waals surface area contributed by atoms with Crippen LogP contribution < -0.4 is 27.8 Å². The molecule has 0 saturated carbocycles. The predicted octanol–water partition coefficient (Wildman–Crippen LogP) is -1.54. The quantitative estimate of drug-likeness (QED) is 0.153. The minimum absolute atomic E-state index is 0. The van der Waals surface area contributed by atoms with Crippen LogP contribution in [0.25, 0.3) is 0 Å². The number of aromatic nitrogens is 3. The SMILES string of the molecule is Cc1cn([C@H]2C[C@H](O)[C@@H](CO)O2)c(=O)n(CCCNC(=O)c2ccc(NN)nc2)c1=O.[99Tc+7]. The maximum atomic E-state index is 12.8. The number of carbonyl (C=O) groups is 1. The summed E-state index contributed by atoms with van der Waals surface area (Å²) in [5, 5.41) is 21.9. The van der Waals surface area contributed by atoms with Crippen molar-refractivity contribution in [2.75, 3.05) is 18.6 Å². The molecule has 2 aromatic heterocycles. The fraction of sp³-hybridized carbons (Fsp3) is 0.474. The number of nitrogens with two attached hydrogens (primary N) is 1. The summed E-state index contributed by atoms with van der Waals surface area (Å²) in [6, 6.07) is 3.13. The van der Waals surface area contributed by atoms with E-state index in [0.29, 0.717) is 23.4 Å². The van der Waals surface area contributed by atoms with Gasteiger partial charge in [-0.3, -0.25) is 18.7 Å². The molecule has 0 bridgehead atoms. The Bertz CT molecular complexity index is 1040. The zero-order valence-electron chi connectivity index (χ0n) is 17.4. The van der Waals surface area contributed by atoms with Crippen LogP contribution in [0.5, 0.6) is 0 Å². The standard InChI is InChI=1S/C19H26N6O6.Tc/c1-11-9-25(16-7-13(27)14(10-26)31-16)19(30)24(18(11)29)6-2-5-21-17(28)12-3-4-15(23-20)22-8-12;/h3-4,8-9,13-14,16,26-27H,2,5-7,10,20H2,1H3,(H,21,28)(H,22,23);/q;+7/t13-,14+,16+;/m0./s1/i;1+1. The van der Waals surface area contributed by atoms with Gasteiger partial charge in [0.2, 0.25) is 0 Å². The maximum Gasteiger partial charge on any atom is 7.00 e. The van der Waals surface area contributed by atoms with Crippen LogP contribution >= 0.6 is 0 Å². The van der Waals surface area contributed by atoms with Crippen LogP contribution in [0.3, 0.4) is 0 Å². The first-order valence-corrected chi connectivity index (χ1v) is 9.83. The second-order valence-electron chi connectivity index (χ2n) is 7.26. The number of rotatable bonds is 8. The van der Waals surface area contributed by atoms with Gasteiger partial charge in [0.15, 0.2) is 0 Å². The monoisotopic (exact) mass is 533 g/mol. The van der Waals surface area contributed by atoms with Crippen LogP contribution in [0.4, 0.5) is 5.82 Å². The van der Waals surface area contributed by atoms with Gasteiger partial charge in [0, 0.05) is 37.5 Å². The van der Waals surface area contributed by atoms with Gasteiger partial charge in [-0.2, -0.15) is 0 Å². The summed E-state index contributed by atoms with van der Waals surface area (Å²) in [6.45, 7) is 1.54. The summed E-state index contributed by atoms with van der Waals surface area (Å²) in [6.07, 6.45) is 0.790. The van der Waals surface area contributed by atoms with Crippen molar-refractivity contribution in [1.82, 2.24) is 19.4 Å². The van der Waals surface area contributed by atoms with E-state index in [1.807, 2.05) is 0 Å². The number of pyridine rings is 1. The van der Waals surface area contributed by atoms with Crippen LogP contribution in [-0.2, 0) is 31.4 Å². The van der Waals surface area contributed by atoms with E-state index >= 15 is 0 Å². The number of hydrazine groups is 1.